The van der Waals surface area contributed by atoms with E-state index >= 15 is 0 Å². The summed E-state index contributed by atoms with van der Waals surface area (Å²) in [5.74, 6) is 1.69. The molecule has 0 radical (unpaired) electrons. The molecule has 0 amide bonds. The molecule has 3 rings (SSSR count). The molecular weight excluding hydrogens is 295 g/mol. The Morgan fingerprint density at radius 1 is 0.950 bits per heavy atom. The first-order chi connectivity index (χ1) is 9.70. The maximum atomic E-state index is 5.99. The highest BCUT2D eigenvalue weighted by molar-refractivity contribution is 6.35. The van der Waals surface area contributed by atoms with Gasteiger partial charge in [-0.2, -0.15) is 0 Å². The minimum absolute atomic E-state index is 0.592. The third kappa shape index (κ3) is 3.14. The van der Waals surface area contributed by atoms with Crippen LogP contribution in [0.4, 0.5) is 17.3 Å². The molecule has 0 aliphatic carbocycles. The highest BCUT2D eigenvalue weighted by Crippen LogP contribution is 2.26. The van der Waals surface area contributed by atoms with E-state index in [0.717, 1.165) is 30.4 Å². The summed E-state index contributed by atoms with van der Waals surface area (Å²) >= 11 is 12.0. The summed E-state index contributed by atoms with van der Waals surface area (Å²) in [5.41, 5.74) is 0.813. The lowest BCUT2D eigenvalue weighted by Crippen LogP contribution is -2.19. The van der Waals surface area contributed by atoms with Crippen LogP contribution >= 0.6 is 23.2 Å². The molecule has 104 valence electrons. The van der Waals surface area contributed by atoms with Gasteiger partial charge in [-0.05, 0) is 31.0 Å². The molecule has 1 fully saturated rings. The van der Waals surface area contributed by atoms with Gasteiger partial charge in [-0.25, -0.2) is 9.97 Å². The van der Waals surface area contributed by atoms with Gasteiger partial charge in [-0.1, -0.05) is 23.2 Å². The largest absolute Gasteiger partial charge is 0.356 e. The molecule has 0 spiro atoms. The first-order valence-electron chi connectivity index (χ1n) is 6.51. The van der Waals surface area contributed by atoms with Gasteiger partial charge >= 0.3 is 0 Å². The molecule has 1 aliphatic rings. The second-order valence-electron chi connectivity index (χ2n) is 4.74. The standard InChI is InChI=1S/C14H14Cl2N4/c15-10-5-11(16)7-12(6-10)19-13-8-14(18-9-17-13)20-3-1-2-4-20/h5-9H,1-4H2,(H,17,18,19). The van der Waals surface area contributed by atoms with Crippen molar-refractivity contribution >= 4 is 40.5 Å². The predicted octanol–water partition coefficient (Wildman–Crippen LogP) is 4.13. The van der Waals surface area contributed by atoms with Gasteiger partial charge < -0.3 is 10.2 Å². The summed E-state index contributed by atoms with van der Waals surface area (Å²) in [6.07, 6.45) is 4.01. The van der Waals surface area contributed by atoms with E-state index in [4.69, 9.17) is 23.2 Å². The number of anilines is 3. The topological polar surface area (TPSA) is 41.0 Å². The zero-order chi connectivity index (χ0) is 13.9. The highest BCUT2D eigenvalue weighted by atomic mass is 35.5. The first kappa shape index (κ1) is 13.5. The smallest absolute Gasteiger partial charge is 0.135 e. The average Bonchev–Trinajstić information content (AvgIpc) is 2.91. The summed E-state index contributed by atoms with van der Waals surface area (Å²) in [6.45, 7) is 2.11. The molecule has 0 unspecified atom stereocenters. The Bertz CT molecular complexity index is 592. The van der Waals surface area contributed by atoms with Gasteiger partial charge in [0.15, 0.2) is 0 Å². The SMILES string of the molecule is Clc1cc(Cl)cc(Nc2cc(N3CCCC3)ncn2)c1. The lowest BCUT2D eigenvalue weighted by molar-refractivity contribution is 0.928. The van der Waals surface area contributed by atoms with Crippen LogP contribution in [0.15, 0.2) is 30.6 Å². The molecule has 0 atom stereocenters. The fraction of sp³-hybridized carbons (Fsp3) is 0.286. The van der Waals surface area contributed by atoms with Crippen molar-refractivity contribution in [2.75, 3.05) is 23.3 Å². The monoisotopic (exact) mass is 308 g/mol. The van der Waals surface area contributed by atoms with Crippen molar-refractivity contribution in [3.63, 3.8) is 0 Å². The van der Waals surface area contributed by atoms with Crippen molar-refractivity contribution in [2.45, 2.75) is 12.8 Å². The van der Waals surface area contributed by atoms with E-state index < -0.39 is 0 Å². The van der Waals surface area contributed by atoms with Gasteiger partial charge in [-0.15, -0.1) is 0 Å². The lowest BCUT2D eigenvalue weighted by atomic mass is 10.3. The van der Waals surface area contributed by atoms with Crippen LogP contribution in [0.3, 0.4) is 0 Å². The van der Waals surface area contributed by atoms with E-state index in [9.17, 15) is 0 Å². The van der Waals surface area contributed by atoms with Crippen LogP contribution in [-0.2, 0) is 0 Å². The number of halogens is 2. The van der Waals surface area contributed by atoms with Crippen LogP contribution in [0.2, 0.25) is 10.0 Å². The Balaban J connectivity index is 1.81. The molecule has 6 heteroatoms. The summed E-state index contributed by atoms with van der Waals surface area (Å²) < 4.78 is 0. The van der Waals surface area contributed by atoms with Gasteiger partial charge in [0, 0.05) is 34.9 Å². The number of benzene rings is 1. The number of aromatic nitrogens is 2. The molecule has 1 N–H and O–H groups in total. The Morgan fingerprint density at radius 2 is 1.65 bits per heavy atom. The summed E-state index contributed by atoms with van der Waals surface area (Å²) in [6, 6.07) is 7.26. The summed E-state index contributed by atoms with van der Waals surface area (Å²) in [4.78, 5) is 10.8. The third-order valence-electron chi connectivity index (χ3n) is 3.22. The van der Waals surface area contributed by atoms with Crippen molar-refractivity contribution in [2.24, 2.45) is 0 Å². The lowest BCUT2D eigenvalue weighted by Gasteiger charge is -2.16. The number of nitrogens with one attached hydrogen (secondary N) is 1. The Hall–Kier alpha value is -1.52. The van der Waals surface area contributed by atoms with Crippen molar-refractivity contribution in [3.8, 4) is 0 Å². The minimum atomic E-state index is 0.592. The third-order valence-corrected chi connectivity index (χ3v) is 3.65. The van der Waals surface area contributed by atoms with E-state index in [1.165, 1.54) is 12.8 Å². The molecule has 0 saturated carbocycles. The molecule has 4 nitrogen and oxygen atoms in total. The fourth-order valence-corrected chi connectivity index (χ4v) is 2.83. The second kappa shape index (κ2) is 5.85. The Morgan fingerprint density at radius 3 is 2.35 bits per heavy atom. The Labute approximate surface area is 127 Å². The molecule has 1 aliphatic heterocycles. The van der Waals surface area contributed by atoms with Gasteiger partial charge in [-0.3, -0.25) is 0 Å². The van der Waals surface area contributed by atoms with Crippen molar-refractivity contribution < 1.29 is 0 Å². The molecule has 0 bridgehead atoms. The highest BCUT2D eigenvalue weighted by Gasteiger charge is 2.14. The fourth-order valence-electron chi connectivity index (χ4n) is 2.31. The average molecular weight is 309 g/mol. The summed E-state index contributed by atoms with van der Waals surface area (Å²) in [5, 5.41) is 4.39. The van der Waals surface area contributed by atoms with Crippen molar-refractivity contribution in [1.29, 1.82) is 0 Å². The van der Waals surface area contributed by atoms with E-state index in [0.29, 0.717) is 10.0 Å². The van der Waals surface area contributed by atoms with E-state index in [1.54, 1.807) is 12.4 Å². The van der Waals surface area contributed by atoms with Crippen LogP contribution in [0.25, 0.3) is 0 Å². The van der Waals surface area contributed by atoms with Gasteiger partial charge in [0.2, 0.25) is 0 Å². The molecule has 20 heavy (non-hydrogen) atoms. The predicted molar refractivity (Wildman–Crippen MR) is 83.2 cm³/mol. The van der Waals surface area contributed by atoms with Crippen molar-refractivity contribution in [3.05, 3.63) is 40.6 Å². The van der Waals surface area contributed by atoms with Crippen LogP contribution in [0.5, 0.6) is 0 Å². The van der Waals surface area contributed by atoms with Gasteiger partial charge in [0.05, 0.1) is 0 Å². The number of hydrogen-bond donors (Lipinski definition) is 1. The quantitative estimate of drug-likeness (QED) is 0.925. The van der Waals surface area contributed by atoms with E-state index in [2.05, 4.69) is 20.2 Å². The first-order valence-corrected chi connectivity index (χ1v) is 7.26. The van der Waals surface area contributed by atoms with Gasteiger partial charge in [0.1, 0.15) is 18.0 Å². The zero-order valence-corrected chi connectivity index (χ0v) is 12.3. The number of rotatable bonds is 3. The van der Waals surface area contributed by atoms with Crippen LogP contribution in [0, 0.1) is 0 Å². The second-order valence-corrected chi connectivity index (χ2v) is 5.61. The minimum Gasteiger partial charge on any atom is -0.356 e. The van der Waals surface area contributed by atoms with Crippen molar-refractivity contribution in [1.82, 2.24) is 9.97 Å². The molecule has 1 aromatic carbocycles. The normalized spacial score (nSPS) is 14.6. The summed E-state index contributed by atoms with van der Waals surface area (Å²) in [7, 11) is 0. The van der Waals surface area contributed by atoms with E-state index in [-0.39, 0.29) is 0 Å². The molecule has 2 aromatic rings. The van der Waals surface area contributed by atoms with E-state index in [1.807, 2.05) is 18.2 Å². The maximum absolute atomic E-state index is 5.99. The molecule has 1 aromatic heterocycles. The van der Waals surface area contributed by atoms with Crippen LogP contribution < -0.4 is 10.2 Å². The number of nitrogens with zero attached hydrogens (tertiary/aromatic N) is 3. The van der Waals surface area contributed by atoms with Gasteiger partial charge in [0.25, 0.3) is 0 Å². The zero-order valence-electron chi connectivity index (χ0n) is 10.8. The Kier molecular flexibility index (Phi) is 3.94. The maximum Gasteiger partial charge on any atom is 0.135 e. The molecular formula is C14H14Cl2N4. The van der Waals surface area contributed by atoms with Crippen LogP contribution in [0.1, 0.15) is 12.8 Å². The van der Waals surface area contributed by atoms with Crippen LogP contribution in [-0.4, -0.2) is 23.1 Å². The molecule has 2 heterocycles. The number of hydrogen-bond acceptors (Lipinski definition) is 4. The molecule has 1 saturated heterocycles.